The van der Waals surface area contributed by atoms with Crippen molar-refractivity contribution in [1.82, 2.24) is 14.8 Å². The van der Waals surface area contributed by atoms with Crippen LogP contribution in [0.15, 0.2) is 66.7 Å². The smallest absolute Gasteiger partial charge is 0.257 e. The molecular formula is C23H18N4O2S. The fourth-order valence-electron chi connectivity index (χ4n) is 3.45. The number of anilines is 1. The molecule has 5 aromatic rings. The predicted octanol–water partition coefficient (Wildman–Crippen LogP) is 5.20. The van der Waals surface area contributed by atoms with Crippen molar-refractivity contribution in [2.75, 3.05) is 12.4 Å². The first-order valence-electron chi connectivity index (χ1n) is 9.43. The van der Waals surface area contributed by atoms with E-state index in [1.807, 2.05) is 73.7 Å². The molecule has 1 N–H and O–H groups in total. The lowest BCUT2D eigenvalue weighted by molar-refractivity contribution is 0.102. The van der Waals surface area contributed by atoms with E-state index < -0.39 is 0 Å². The number of nitrogens with zero attached hydrogens (tertiary/aromatic N) is 3. The standard InChI is InChI=1S/C23H18N4O2S/c1-14-12-21(25-22(28)18-9-5-7-15-6-3-4-8-17(15)18)27(26-14)23-24-19-13-16(29-2)10-11-20(19)30-23/h3-13H,1-2H3,(H,25,28). The molecule has 148 valence electrons. The van der Waals surface area contributed by atoms with Gasteiger partial charge < -0.3 is 10.1 Å². The molecule has 0 aliphatic heterocycles. The second-order valence-electron chi connectivity index (χ2n) is 6.89. The van der Waals surface area contributed by atoms with E-state index in [1.165, 1.54) is 11.3 Å². The molecule has 0 fully saturated rings. The van der Waals surface area contributed by atoms with Crippen LogP contribution in [0.1, 0.15) is 16.1 Å². The Bertz CT molecular complexity index is 1400. The Kier molecular flexibility index (Phi) is 4.44. The van der Waals surface area contributed by atoms with Crippen molar-refractivity contribution in [1.29, 1.82) is 0 Å². The number of aryl methyl sites for hydroxylation is 1. The normalized spacial score (nSPS) is 11.1. The molecule has 0 bridgehead atoms. The summed E-state index contributed by atoms with van der Waals surface area (Å²) in [5, 5.41) is 10.2. The van der Waals surface area contributed by atoms with Gasteiger partial charge in [0, 0.05) is 17.7 Å². The molecule has 0 radical (unpaired) electrons. The number of rotatable bonds is 4. The third-order valence-corrected chi connectivity index (χ3v) is 5.88. The zero-order valence-corrected chi connectivity index (χ0v) is 17.2. The highest BCUT2D eigenvalue weighted by Crippen LogP contribution is 2.30. The summed E-state index contributed by atoms with van der Waals surface area (Å²) >= 11 is 1.51. The summed E-state index contributed by atoms with van der Waals surface area (Å²) in [5.41, 5.74) is 2.24. The van der Waals surface area contributed by atoms with E-state index in [4.69, 9.17) is 4.74 Å². The van der Waals surface area contributed by atoms with E-state index in [2.05, 4.69) is 15.4 Å². The van der Waals surface area contributed by atoms with Gasteiger partial charge in [-0.15, -0.1) is 0 Å². The molecule has 2 heterocycles. The average Bonchev–Trinajstić information content (AvgIpc) is 3.35. The van der Waals surface area contributed by atoms with Crippen LogP contribution in [0, 0.1) is 6.92 Å². The first kappa shape index (κ1) is 18.3. The monoisotopic (exact) mass is 414 g/mol. The Morgan fingerprint density at radius 2 is 1.90 bits per heavy atom. The van der Waals surface area contributed by atoms with E-state index in [0.29, 0.717) is 16.5 Å². The van der Waals surface area contributed by atoms with Gasteiger partial charge in [-0.1, -0.05) is 47.7 Å². The summed E-state index contributed by atoms with van der Waals surface area (Å²) in [7, 11) is 1.63. The van der Waals surface area contributed by atoms with Gasteiger partial charge in [0.1, 0.15) is 11.6 Å². The van der Waals surface area contributed by atoms with Crippen LogP contribution in [-0.4, -0.2) is 27.8 Å². The van der Waals surface area contributed by atoms with Crippen molar-refractivity contribution in [2.24, 2.45) is 0 Å². The fourth-order valence-corrected chi connectivity index (χ4v) is 4.37. The third kappa shape index (κ3) is 3.19. The van der Waals surface area contributed by atoms with Crippen LogP contribution < -0.4 is 10.1 Å². The molecule has 3 aromatic carbocycles. The van der Waals surface area contributed by atoms with Crippen LogP contribution in [-0.2, 0) is 0 Å². The van der Waals surface area contributed by atoms with Crippen LogP contribution in [0.2, 0.25) is 0 Å². The van der Waals surface area contributed by atoms with Gasteiger partial charge in [-0.3, -0.25) is 4.79 Å². The number of amides is 1. The minimum Gasteiger partial charge on any atom is -0.497 e. The van der Waals surface area contributed by atoms with Gasteiger partial charge in [0.05, 0.1) is 23.0 Å². The number of nitrogens with one attached hydrogen (secondary N) is 1. The van der Waals surface area contributed by atoms with Crippen molar-refractivity contribution in [2.45, 2.75) is 6.92 Å². The number of hydrogen-bond donors (Lipinski definition) is 1. The van der Waals surface area contributed by atoms with Gasteiger partial charge in [0.15, 0.2) is 0 Å². The maximum absolute atomic E-state index is 13.1. The van der Waals surface area contributed by atoms with Gasteiger partial charge in [-0.2, -0.15) is 9.78 Å². The first-order chi connectivity index (χ1) is 14.6. The summed E-state index contributed by atoms with van der Waals surface area (Å²) in [4.78, 5) is 17.8. The third-order valence-electron chi connectivity index (χ3n) is 4.87. The SMILES string of the molecule is COc1ccc2sc(-n3nc(C)cc3NC(=O)c3cccc4ccccc34)nc2c1. The Morgan fingerprint density at radius 3 is 2.77 bits per heavy atom. The molecule has 1 amide bonds. The lowest BCUT2D eigenvalue weighted by Crippen LogP contribution is -2.15. The topological polar surface area (TPSA) is 69.0 Å². The maximum atomic E-state index is 13.1. The van der Waals surface area contributed by atoms with Crippen LogP contribution in [0.25, 0.3) is 26.1 Å². The summed E-state index contributed by atoms with van der Waals surface area (Å²) in [6, 6.07) is 21.2. The number of carbonyl (C=O) groups excluding carboxylic acids is 1. The van der Waals surface area contributed by atoms with E-state index in [9.17, 15) is 4.79 Å². The number of thiazole rings is 1. The van der Waals surface area contributed by atoms with Gasteiger partial charge in [-0.05, 0) is 35.9 Å². The molecule has 0 saturated heterocycles. The van der Waals surface area contributed by atoms with E-state index in [-0.39, 0.29) is 5.91 Å². The number of fused-ring (bicyclic) bond motifs is 2. The predicted molar refractivity (Wildman–Crippen MR) is 120 cm³/mol. The number of aromatic nitrogens is 3. The average molecular weight is 414 g/mol. The molecule has 0 unspecified atom stereocenters. The van der Waals surface area contributed by atoms with Crippen molar-refractivity contribution < 1.29 is 9.53 Å². The second kappa shape index (κ2) is 7.27. The first-order valence-corrected chi connectivity index (χ1v) is 10.2. The quantitative estimate of drug-likeness (QED) is 0.439. The number of ether oxygens (including phenoxy) is 1. The maximum Gasteiger partial charge on any atom is 0.257 e. The molecule has 6 nitrogen and oxygen atoms in total. The zero-order valence-electron chi connectivity index (χ0n) is 16.4. The summed E-state index contributed by atoms with van der Waals surface area (Å²) in [6.45, 7) is 1.89. The molecular weight excluding hydrogens is 396 g/mol. The zero-order chi connectivity index (χ0) is 20.7. The van der Waals surface area contributed by atoms with Crippen LogP contribution in [0.4, 0.5) is 5.82 Å². The molecule has 0 aliphatic carbocycles. The van der Waals surface area contributed by atoms with E-state index in [1.54, 1.807) is 11.8 Å². The Balaban J connectivity index is 1.53. The Morgan fingerprint density at radius 1 is 1.07 bits per heavy atom. The van der Waals surface area contributed by atoms with Crippen LogP contribution >= 0.6 is 11.3 Å². The lowest BCUT2D eigenvalue weighted by Gasteiger charge is -2.09. The van der Waals surface area contributed by atoms with E-state index in [0.717, 1.165) is 32.4 Å². The largest absolute Gasteiger partial charge is 0.497 e. The van der Waals surface area contributed by atoms with Crippen molar-refractivity contribution >= 4 is 44.1 Å². The van der Waals surface area contributed by atoms with Crippen LogP contribution in [0.5, 0.6) is 5.75 Å². The Labute approximate surface area is 176 Å². The minimum absolute atomic E-state index is 0.185. The van der Waals surface area contributed by atoms with Crippen molar-refractivity contribution in [3.8, 4) is 10.9 Å². The number of hydrogen-bond acceptors (Lipinski definition) is 5. The van der Waals surface area contributed by atoms with E-state index >= 15 is 0 Å². The minimum atomic E-state index is -0.185. The number of carbonyl (C=O) groups is 1. The van der Waals surface area contributed by atoms with Gasteiger partial charge >= 0.3 is 0 Å². The molecule has 30 heavy (non-hydrogen) atoms. The van der Waals surface area contributed by atoms with Crippen molar-refractivity contribution in [3.05, 3.63) is 78.0 Å². The number of methoxy groups -OCH3 is 1. The van der Waals surface area contributed by atoms with Gasteiger partial charge in [-0.25, -0.2) is 4.98 Å². The molecule has 2 aromatic heterocycles. The summed E-state index contributed by atoms with van der Waals surface area (Å²) in [5.74, 6) is 1.15. The highest BCUT2D eigenvalue weighted by molar-refractivity contribution is 7.20. The van der Waals surface area contributed by atoms with Crippen LogP contribution in [0.3, 0.4) is 0 Å². The highest BCUT2D eigenvalue weighted by atomic mass is 32.1. The molecule has 0 atom stereocenters. The highest BCUT2D eigenvalue weighted by Gasteiger charge is 2.17. The number of benzene rings is 3. The van der Waals surface area contributed by atoms with Gasteiger partial charge in [0.25, 0.3) is 5.91 Å². The molecule has 0 spiro atoms. The van der Waals surface area contributed by atoms with Gasteiger partial charge in [0.2, 0.25) is 5.13 Å². The second-order valence-corrected chi connectivity index (χ2v) is 7.90. The molecule has 7 heteroatoms. The molecule has 0 aliphatic rings. The Hall–Kier alpha value is -3.71. The lowest BCUT2D eigenvalue weighted by atomic mass is 10.0. The summed E-state index contributed by atoms with van der Waals surface area (Å²) in [6.07, 6.45) is 0. The van der Waals surface area contributed by atoms with Crippen molar-refractivity contribution in [3.63, 3.8) is 0 Å². The summed E-state index contributed by atoms with van der Waals surface area (Å²) < 4.78 is 7.98. The molecule has 5 rings (SSSR count). The molecule has 0 saturated carbocycles. The fraction of sp³-hybridized carbons (Fsp3) is 0.0870.